The number of benzene rings is 1. The maximum atomic E-state index is 12.7. The number of hydrogen-bond donors (Lipinski definition) is 0. The minimum absolute atomic E-state index is 0.145. The largest absolute Gasteiger partial charge is 0.497 e. The Hall–Kier alpha value is -1.53. The Kier molecular flexibility index (Phi) is 4.35. The van der Waals surface area contributed by atoms with Crippen molar-refractivity contribution in [3.63, 3.8) is 0 Å². The molecule has 5 nitrogen and oxygen atoms in total. The van der Waals surface area contributed by atoms with Gasteiger partial charge in [0.25, 0.3) is 0 Å². The van der Waals surface area contributed by atoms with Crippen molar-refractivity contribution in [3.8, 4) is 11.5 Å². The summed E-state index contributed by atoms with van der Waals surface area (Å²) >= 11 is 0. The highest BCUT2D eigenvalue weighted by molar-refractivity contribution is 7.89. The third-order valence-electron chi connectivity index (χ3n) is 3.42. The number of sulfonamides is 1. The Bertz CT molecular complexity index is 600. The molecule has 0 N–H and O–H groups in total. The minimum Gasteiger partial charge on any atom is -0.497 e. The third kappa shape index (κ3) is 2.81. The van der Waals surface area contributed by atoms with Gasteiger partial charge < -0.3 is 9.47 Å². The van der Waals surface area contributed by atoms with Gasteiger partial charge in [0.2, 0.25) is 10.0 Å². The molecule has 0 aromatic heterocycles. The molecular weight excluding hydrogens is 278 g/mol. The predicted molar refractivity (Wildman–Crippen MR) is 76.7 cm³/mol. The van der Waals surface area contributed by atoms with Gasteiger partial charge in [0.15, 0.2) is 0 Å². The molecule has 0 unspecified atom stereocenters. The first-order valence-electron chi connectivity index (χ1n) is 6.38. The van der Waals surface area contributed by atoms with Crippen molar-refractivity contribution in [2.45, 2.75) is 17.7 Å². The van der Waals surface area contributed by atoms with Gasteiger partial charge >= 0.3 is 0 Å². The topological polar surface area (TPSA) is 55.8 Å². The van der Waals surface area contributed by atoms with Crippen LogP contribution in [0.5, 0.6) is 11.5 Å². The van der Waals surface area contributed by atoms with Crippen LogP contribution in [0.3, 0.4) is 0 Å². The molecule has 0 aliphatic carbocycles. The smallest absolute Gasteiger partial charge is 0.246 e. The highest BCUT2D eigenvalue weighted by atomic mass is 32.2. The van der Waals surface area contributed by atoms with Crippen LogP contribution in [0.25, 0.3) is 0 Å². The highest BCUT2D eigenvalue weighted by Crippen LogP contribution is 2.32. The van der Waals surface area contributed by atoms with Crippen LogP contribution in [-0.4, -0.2) is 40.0 Å². The van der Waals surface area contributed by atoms with Crippen LogP contribution in [0.2, 0.25) is 0 Å². The molecule has 1 aliphatic heterocycles. The molecular formula is C14H19NO4S. The van der Waals surface area contributed by atoms with E-state index in [1.807, 2.05) is 0 Å². The summed E-state index contributed by atoms with van der Waals surface area (Å²) in [6, 6.07) is 4.78. The zero-order valence-corrected chi connectivity index (χ0v) is 12.6. The Morgan fingerprint density at radius 3 is 2.35 bits per heavy atom. The second kappa shape index (κ2) is 5.85. The summed E-state index contributed by atoms with van der Waals surface area (Å²) in [6.45, 7) is 4.82. The normalized spacial score (nSPS) is 17.0. The van der Waals surface area contributed by atoms with Crippen LogP contribution < -0.4 is 9.47 Å². The molecule has 6 heteroatoms. The van der Waals surface area contributed by atoms with Gasteiger partial charge in [-0.3, -0.25) is 0 Å². The second-order valence-electron chi connectivity index (χ2n) is 4.67. The van der Waals surface area contributed by atoms with Crippen molar-refractivity contribution in [2.24, 2.45) is 0 Å². The number of methoxy groups -OCH3 is 2. The molecule has 0 amide bonds. The summed E-state index contributed by atoms with van der Waals surface area (Å²) in [5, 5.41) is 0. The molecule has 20 heavy (non-hydrogen) atoms. The zero-order valence-electron chi connectivity index (χ0n) is 11.8. The van der Waals surface area contributed by atoms with Gasteiger partial charge in [0.05, 0.1) is 14.2 Å². The fourth-order valence-electron chi connectivity index (χ4n) is 2.17. The molecule has 110 valence electrons. The van der Waals surface area contributed by atoms with Gasteiger partial charge in [-0.25, -0.2) is 8.42 Å². The third-order valence-corrected chi connectivity index (χ3v) is 5.34. The fourth-order valence-corrected chi connectivity index (χ4v) is 3.78. The molecule has 1 aliphatic rings. The van der Waals surface area contributed by atoms with E-state index in [0.717, 1.165) is 5.57 Å². The van der Waals surface area contributed by atoms with E-state index >= 15 is 0 Å². The molecule has 1 aromatic carbocycles. The van der Waals surface area contributed by atoms with Crippen LogP contribution in [0.1, 0.15) is 12.8 Å². The summed E-state index contributed by atoms with van der Waals surface area (Å²) in [6.07, 6.45) is 1.40. The lowest BCUT2D eigenvalue weighted by atomic mass is 10.1. The molecule has 0 bridgehead atoms. The Balaban J connectivity index is 2.40. The maximum Gasteiger partial charge on any atom is 0.246 e. The summed E-state index contributed by atoms with van der Waals surface area (Å²) in [7, 11) is -0.613. The summed E-state index contributed by atoms with van der Waals surface area (Å²) in [5.41, 5.74) is 1.09. The molecule has 1 heterocycles. The molecule has 1 aromatic rings. The predicted octanol–water partition coefficient (Wildman–Crippen LogP) is 2.04. The number of rotatable bonds is 4. The van der Waals surface area contributed by atoms with E-state index in [1.54, 1.807) is 12.1 Å². The molecule has 1 saturated heterocycles. The average Bonchev–Trinajstić information content (AvgIpc) is 2.47. The van der Waals surface area contributed by atoms with Gasteiger partial charge in [-0.05, 0) is 25.0 Å². The minimum atomic E-state index is -3.57. The molecule has 0 spiro atoms. The van der Waals surface area contributed by atoms with E-state index < -0.39 is 10.0 Å². The lowest BCUT2D eigenvalue weighted by Gasteiger charge is -2.27. The highest BCUT2D eigenvalue weighted by Gasteiger charge is 2.30. The SMILES string of the molecule is C=C1CCN(S(=O)(=O)c2cc(OC)ccc2OC)CC1. The monoisotopic (exact) mass is 297 g/mol. The Morgan fingerprint density at radius 2 is 1.80 bits per heavy atom. The summed E-state index contributed by atoms with van der Waals surface area (Å²) in [5.74, 6) is 0.820. The molecule has 0 radical (unpaired) electrons. The standard InChI is InChI=1S/C14H19NO4S/c1-11-6-8-15(9-7-11)20(16,17)14-10-12(18-2)4-5-13(14)19-3/h4-5,10H,1,6-9H2,2-3H3. The van der Waals surface area contributed by atoms with Gasteiger partial charge in [-0.1, -0.05) is 12.2 Å². The molecule has 0 atom stereocenters. The van der Waals surface area contributed by atoms with Crippen molar-refractivity contribution < 1.29 is 17.9 Å². The quantitative estimate of drug-likeness (QED) is 0.798. The number of piperidine rings is 1. The first-order valence-corrected chi connectivity index (χ1v) is 7.82. The van der Waals surface area contributed by atoms with Crippen molar-refractivity contribution >= 4 is 10.0 Å². The van der Waals surface area contributed by atoms with Crippen LogP contribution >= 0.6 is 0 Å². The van der Waals surface area contributed by atoms with Crippen LogP contribution in [0.15, 0.2) is 35.2 Å². The zero-order chi connectivity index (χ0) is 14.8. The Morgan fingerprint density at radius 1 is 1.15 bits per heavy atom. The van der Waals surface area contributed by atoms with E-state index in [-0.39, 0.29) is 4.90 Å². The molecule has 1 fully saturated rings. The van der Waals surface area contributed by atoms with E-state index in [2.05, 4.69) is 6.58 Å². The molecule has 0 saturated carbocycles. The Labute approximate surface area is 119 Å². The number of nitrogens with zero attached hydrogens (tertiary/aromatic N) is 1. The van der Waals surface area contributed by atoms with Crippen LogP contribution in [0, 0.1) is 0 Å². The van der Waals surface area contributed by atoms with E-state index in [1.165, 1.54) is 24.6 Å². The average molecular weight is 297 g/mol. The van der Waals surface area contributed by atoms with Crippen molar-refractivity contribution in [3.05, 3.63) is 30.4 Å². The van der Waals surface area contributed by atoms with E-state index in [0.29, 0.717) is 37.4 Å². The van der Waals surface area contributed by atoms with Crippen LogP contribution in [-0.2, 0) is 10.0 Å². The van der Waals surface area contributed by atoms with Crippen molar-refractivity contribution in [1.82, 2.24) is 4.31 Å². The van der Waals surface area contributed by atoms with Gasteiger partial charge in [0.1, 0.15) is 16.4 Å². The maximum absolute atomic E-state index is 12.7. The van der Waals surface area contributed by atoms with Crippen LogP contribution in [0.4, 0.5) is 0 Å². The first-order chi connectivity index (χ1) is 9.48. The lowest BCUT2D eigenvalue weighted by Crippen LogP contribution is -2.36. The van der Waals surface area contributed by atoms with Gasteiger partial charge in [-0.15, -0.1) is 0 Å². The summed E-state index contributed by atoms with van der Waals surface area (Å²) < 4.78 is 37.1. The second-order valence-corrected chi connectivity index (χ2v) is 6.58. The number of hydrogen-bond acceptors (Lipinski definition) is 4. The lowest BCUT2D eigenvalue weighted by molar-refractivity contribution is 0.372. The summed E-state index contributed by atoms with van der Waals surface area (Å²) in [4.78, 5) is 0.145. The van der Waals surface area contributed by atoms with Gasteiger partial charge in [-0.2, -0.15) is 4.31 Å². The van der Waals surface area contributed by atoms with E-state index in [9.17, 15) is 8.42 Å². The first kappa shape index (κ1) is 14.9. The van der Waals surface area contributed by atoms with Crippen molar-refractivity contribution in [1.29, 1.82) is 0 Å². The fraction of sp³-hybridized carbons (Fsp3) is 0.429. The van der Waals surface area contributed by atoms with E-state index in [4.69, 9.17) is 9.47 Å². The molecule has 2 rings (SSSR count). The number of ether oxygens (including phenoxy) is 2. The van der Waals surface area contributed by atoms with Crippen molar-refractivity contribution in [2.75, 3.05) is 27.3 Å². The van der Waals surface area contributed by atoms with Gasteiger partial charge in [0, 0.05) is 19.2 Å².